The molecule has 0 aliphatic rings. The molecule has 1 unspecified atom stereocenters. The predicted octanol–water partition coefficient (Wildman–Crippen LogP) is 4.16. The van der Waals surface area contributed by atoms with Crippen molar-refractivity contribution in [3.05, 3.63) is 47.0 Å². The van der Waals surface area contributed by atoms with Gasteiger partial charge in [0.15, 0.2) is 5.96 Å². The highest BCUT2D eigenvalue weighted by molar-refractivity contribution is 14.0. The van der Waals surface area contributed by atoms with E-state index in [0.29, 0.717) is 0 Å². The summed E-state index contributed by atoms with van der Waals surface area (Å²) in [6.45, 7) is 6.54. The van der Waals surface area contributed by atoms with Gasteiger partial charge in [0.2, 0.25) is 0 Å². The summed E-state index contributed by atoms with van der Waals surface area (Å²) < 4.78 is 2.07. The summed E-state index contributed by atoms with van der Waals surface area (Å²) in [5.74, 6) is 2.92. The number of nitrogens with one attached hydrogen (secondary N) is 2. The maximum Gasteiger partial charge on any atom is 0.191 e. The summed E-state index contributed by atoms with van der Waals surface area (Å²) in [7, 11) is 0. The van der Waals surface area contributed by atoms with Crippen LogP contribution in [0.15, 0.2) is 35.6 Å². The molecule has 1 heterocycles. The van der Waals surface area contributed by atoms with Gasteiger partial charge in [-0.2, -0.15) is 11.8 Å². The molecule has 0 saturated heterocycles. The lowest BCUT2D eigenvalue weighted by Gasteiger charge is -2.19. The quantitative estimate of drug-likeness (QED) is 0.207. The molecule has 2 aromatic rings. The zero-order valence-electron chi connectivity index (χ0n) is 16.7. The minimum Gasteiger partial charge on any atom is -0.355 e. The van der Waals surface area contributed by atoms with Crippen molar-refractivity contribution < 1.29 is 0 Å². The maximum atomic E-state index is 6.12. The number of aromatic nitrogens is 3. The summed E-state index contributed by atoms with van der Waals surface area (Å²) in [6.07, 6.45) is 5.83. The second kappa shape index (κ2) is 14.1. The van der Waals surface area contributed by atoms with Gasteiger partial charge in [-0.15, -0.1) is 34.2 Å². The van der Waals surface area contributed by atoms with Gasteiger partial charge in [-0.25, -0.2) is 0 Å². The fourth-order valence-electron chi connectivity index (χ4n) is 2.65. The molecule has 1 aromatic heterocycles. The minimum absolute atomic E-state index is 0. The van der Waals surface area contributed by atoms with Crippen molar-refractivity contribution in [2.24, 2.45) is 4.99 Å². The van der Waals surface area contributed by atoms with E-state index in [2.05, 4.69) is 51.6 Å². The molecule has 2 N–H and O–H groups in total. The van der Waals surface area contributed by atoms with Crippen molar-refractivity contribution in [1.82, 2.24) is 25.4 Å². The Morgan fingerprint density at radius 3 is 2.93 bits per heavy atom. The van der Waals surface area contributed by atoms with Gasteiger partial charge in [-0.3, -0.25) is 4.99 Å². The van der Waals surface area contributed by atoms with Crippen LogP contribution in [0.4, 0.5) is 0 Å². The van der Waals surface area contributed by atoms with Crippen LogP contribution in [0.2, 0.25) is 5.02 Å². The molecule has 0 amide bonds. The number of halogens is 2. The lowest BCUT2D eigenvalue weighted by Crippen LogP contribution is -2.40. The van der Waals surface area contributed by atoms with E-state index in [1.165, 1.54) is 0 Å². The number of guanidine groups is 1. The van der Waals surface area contributed by atoms with Crippen molar-refractivity contribution in [3.63, 3.8) is 0 Å². The van der Waals surface area contributed by atoms with E-state index in [1.54, 1.807) is 6.33 Å². The van der Waals surface area contributed by atoms with Gasteiger partial charge >= 0.3 is 0 Å². The minimum atomic E-state index is 0. The molecule has 1 atom stereocenters. The third kappa shape index (κ3) is 8.57. The van der Waals surface area contributed by atoms with Crippen LogP contribution in [0.5, 0.6) is 0 Å². The molecule has 0 radical (unpaired) electrons. The molecule has 2 rings (SSSR count). The molecule has 28 heavy (non-hydrogen) atoms. The number of nitrogens with zero attached hydrogens (tertiary/aromatic N) is 4. The number of thioether (sulfide) groups is 1. The maximum absolute atomic E-state index is 6.12. The normalized spacial score (nSPS) is 12.4. The SMILES string of the molecule is CCc1nncn1CCNC(=NCCCSC)NC(C)c1cccc(Cl)c1.I. The van der Waals surface area contributed by atoms with Gasteiger partial charge in [0.25, 0.3) is 0 Å². The van der Waals surface area contributed by atoms with E-state index >= 15 is 0 Å². The fraction of sp³-hybridized carbons (Fsp3) is 0.526. The van der Waals surface area contributed by atoms with Crippen molar-refractivity contribution in [2.45, 2.75) is 39.3 Å². The van der Waals surface area contributed by atoms with Crippen LogP contribution in [-0.2, 0) is 13.0 Å². The lowest BCUT2D eigenvalue weighted by atomic mass is 10.1. The monoisotopic (exact) mass is 536 g/mol. The molecule has 0 aliphatic heterocycles. The Balaban J connectivity index is 0.00000392. The zero-order valence-corrected chi connectivity index (χ0v) is 20.6. The van der Waals surface area contributed by atoms with Crippen molar-refractivity contribution in [1.29, 1.82) is 0 Å². The van der Waals surface area contributed by atoms with Gasteiger partial charge < -0.3 is 15.2 Å². The van der Waals surface area contributed by atoms with Crippen LogP contribution < -0.4 is 10.6 Å². The summed E-state index contributed by atoms with van der Waals surface area (Å²) in [4.78, 5) is 4.72. The molecule has 156 valence electrons. The predicted molar refractivity (Wildman–Crippen MR) is 131 cm³/mol. The van der Waals surface area contributed by atoms with Crippen LogP contribution in [0, 0.1) is 0 Å². The third-order valence-electron chi connectivity index (χ3n) is 4.14. The van der Waals surface area contributed by atoms with Crippen LogP contribution in [0.1, 0.15) is 37.7 Å². The van der Waals surface area contributed by atoms with Crippen LogP contribution in [0.25, 0.3) is 0 Å². The van der Waals surface area contributed by atoms with Gasteiger partial charge in [-0.05, 0) is 43.0 Å². The molecular formula is C19H30ClIN6S. The molecule has 6 nitrogen and oxygen atoms in total. The molecule has 0 aliphatic carbocycles. The summed E-state index contributed by atoms with van der Waals surface area (Å²) in [5, 5.41) is 15.8. The van der Waals surface area contributed by atoms with Crippen molar-refractivity contribution in [2.75, 3.05) is 25.1 Å². The molecule has 0 spiro atoms. The summed E-state index contributed by atoms with van der Waals surface area (Å²) in [6, 6.07) is 8.01. The van der Waals surface area contributed by atoms with Crippen molar-refractivity contribution in [3.8, 4) is 0 Å². The first-order valence-electron chi connectivity index (χ1n) is 9.30. The molecule has 0 bridgehead atoms. The molecule has 9 heteroatoms. The summed E-state index contributed by atoms with van der Waals surface area (Å²) >= 11 is 7.97. The Bertz CT molecular complexity index is 724. The van der Waals surface area contributed by atoms with E-state index in [-0.39, 0.29) is 30.0 Å². The van der Waals surface area contributed by atoms with Gasteiger partial charge in [-0.1, -0.05) is 30.7 Å². The number of aryl methyl sites for hydroxylation is 1. The molecule has 0 fully saturated rings. The van der Waals surface area contributed by atoms with Crippen LogP contribution >= 0.6 is 47.3 Å². The first-order chi connectivity index (χ1) is 13.1. The number of rotatable bonds is 10. The highest BCUT2D eigenvalue weighted by atomic mass is 127. The number of hydrogen-bond acceptors (Lipinski definition) is 4. The highest BCUT2D eigenvalue weighted by Crippen LogP contribution is 2.17. The van der Waals surface area contributed by atoms with Gasteiger partial charge in [0, 0.05) is 31.1 Å². The van der Waals surface area contributed by atoms with Gasteiger partial charge in [0.1, 0.15) is 12.2 Å². The summed E-state index contributed by atoms with van der Waals surface area (Å²) in [5.41, 5.74) is 1.13. The Morgan fingerprint density at radius 1 is 1.39 bits per heavy atom. The third-order valence-corrected chi connectivity index (χ3v) is 5.07. The zero-order chi connectivity index (χ0) is 19.5. The first kappa shape index (κ1) is 25.0. The Labute approximate surface area is 194 Å². The van der Waals surface area contributed by atoms with Gasteiger partial charge in [0.05, 0.1) is 6.04 Å². The van der Waals surface area contributed by atoms with E-state index in [4.69, 9.17) is 16.6 Å². The van der Waals surface area contributed by atoms with Crippen LogP contribution in [0.3, 0.4) is 0 Å². The number of aliphatic imine (C=N–C) groups is 1. The number of hydrogen-bond donors (Lipinski definition) is 2. The van der Waals surface area contributed by atoms with E-state index in [9.17, 15) is 0 Å². The smallest absolute Gasteiger partial charge is 0.191 e. The second-order valence-corrected chi connectivity index (χ2v) is 7.64. The first-order valence-corrected chi connectivity index (χ1v) is 11.1. The Kier molecular flexibility index (Phi) is 12.6. The average molecular weight is 537 g/mol. The lowest BCUT2D eigenvalue weighted by molar-refractivity contribution is 0.619. The fourth-order valence-corrected chi connectivity index (χ4v) is 3.27. The topological polar surface area (TPSA) is 67.1 Å². The van der Waals surface area contributed by atoms with Crippen molar-refractivity contribution >= 4 is 53.3 Å². The largest absolute Gasteiger partial charge is 0.355 e. The number of benzene rings is 1. The van der Waals surface area contributed by atoms with Crippen LogP contribution in [-0.4, -0.2) is 45.8 Å². The molecule has 0 saturated carbocycles. The molecule has 1 aromatic carbocycles. The van der Waals surface area contributed by atoms with E-state index in [0.717, 1.165) is 60.6 Å². The standard InChI is InChI=1S/C19H29ClN6S.HI/c1-4-18-25-23-14-26(18)11-10-22-19(21-9-6-12-27-3)24-15(2)16-7-5-8-17(20)13-16;/h5,7-8,13-15H,4,6,9-12H2,1-3H3,(H2,21,22,24);1H. The highest BCUT2D eigenvalue weighted by Gasteiger charge is 2.09. The van der Waals surface area contributed by atoms with E-state index in [1.807, 2.05) is 30.0 Å². The Hall–Kier alpha value is -1.000. The second-order valence-electron chi connectivity index (χ2n) is 6.22. The Morgan fingerprint density at radius 2 is 2.21 bits per heavy atom. The average Bonchev–Trinajstić information content (AvgIpc) is 3.12. The molecular weight excluding hydrogens is 507 g/mol. The van der Waals surface area contributed by atoms with E-state index < -0.39 is 0 Å².